The van der Waals surface area contributed by atoms with Gasteiger partial charge in [0.2, 0.25) is 11.5 Å². The number of rotatable bonds is 4. The standard InChI is InChI=1S/C26H28N4O5/c1-16(2)33-22-10-8-18(14-20(22)27-6)24-28-23(29-35-24)17-7-9-21-19(13-17)15-30(11-12-32-21)25(31)34-26(3,4)5/h7-10,13-14,16H,11-12,15H2,1-5H3. The lowest BCUT2D eigenvalue weighted by Crippen LogP contribution is -2.37. The van der Waals surface area contributed by atoms with Crippen LogP contribution in [0.25, 0.3) is 27.7 Å². The molecule has 1 aliphatic heterocycles. The van der Waals surface area contributed by atoms with E-state index in [0.717, 1.165) is 11.1 Å². The summed E-state index contributed by atoms with van der Waals surface area (Å²) in [7, 11) is 0. The maximum atomic E-state index is 12.6. The van der Waals surface area contributed by atoms with Crippen LogP contribution in [0.4, 0.5) is 10.5 Å². The number of carbonyl (C=O) groups excluding carboxylic acids is 1. The molecule has 182 valence electrons. The highest BCUT2D eigenvalue weighted by Crippen LogP contribution is 2.34. The van der Waals surface area contributed by atoms with Crippen molar-refractivity contribution in [2.75, 3.05) is 13.2 Å². The van der Waals surface area contributed by atoms with Gasteiger partial charge in [0.1, 0.15) is 23.7 Å². The lowest BCUT2D eigenvalue weighted by Gasteiger charge is -2.26. The summed E-state index contributed by atoms with van der Waals surface area (Å²) in [5.74, 6) is 1.90. The van der Waals surface area contributed by atoms with Gasteiger partial charge in [-0.25, -0.2) is 9.64 Å². The highest BCUT2D eigenvalue weighted by Gasteiger charge is 2.26. The summed E-state index contributed by atoms with van der Waals surface area (Å²) in [6.07, 6.45) is -0.429. The third-order valence-electron chi connectivity index (χ3n) is 5.07. The minimum atomic E-state index is -0.581. The second-order valence-electron chi connectivity index (χ2n) is 9.46. The van der Waals surface area contributed by atoms with Crippen molar-refractivity contribution in [3.8, 4) is 34.3 Å². The van der Waals surface area contributed by atoms with E-state index in [-0.39, 0.29) is 12.2 Å². The quantitative estimate of drug-likeness (QED) is 0.435. The zero-order chi connectivity index (χ0) is 25.2. The topological polar surface area (TPSA) is 91.3 Å². The lowest BCUT2D eigenvalue weighted by molar-refractivity contribution is 0.0225. The molecule has 3 aromatic rings. The van der Waals surface area contributed by atoms with E-state index < -0.39 is 5.60 Å². The SMILES string of the molecule is [C-]#[N+]c1cc(-c2nc(-c3ccc4c(c3)CN(C(=O)OC(C)(C)C)CCO4)no2)ccc1OC(C)C. The molecule has 0 atom stereocenters. The summed E-state index contributed by atoms with van der Waals surface area (Å²) in [5, 5.41) is 4.12. The summed E-state index contributed by atoms with van der Waals surface area (Å²) < 4.78 is 22.5. The van der Waals surface area contributed by atoms with Crippen LogP contribution in [0.1, 0.15) is 40.2 Å². The van der Waals surface area contributed by atoms with Gasteiger partial charge in [-0.15, -0.1) is 0 Å². The van der Waals surface area contributed by atoms with Crippen LogP contribution >= 0.6 is 0 Å². The minimum Gasteiger partial charge on any atom is -0.502 e. The van der Waals surface area contributed by atoms with Gasteiger partial charge in [-0.3, -0.25) is 0 Å². The third kappa shape index (κ3) is 5.72. The molecule has 2 heterocycles. The first-order valence-electron chi connectivity index (χ1n) is 11.4. The van der Waals surface area contributed by atoms with Gasteiger partial charge in [-0.1, -0.05) is 5.16 Å². The van der Waals surface area contributed by atoms with Crippen molar-refractivity contribution in [2.45, 2.75) is 52.9 Å². The van der Waals surface area contributed by atoms with E-state index in [2.05, 4.69) is 15.0 Å². The number of nitrogens with zero attached hydrogens (tertiary/aromatic N) is 4. The van der Waals surface area contributed by atoms with Crippen LogP contribution in [-0.2, 0) is 11.3 Å². The van der Waals surface area contributed by atoms with E-state index in [1.807, 2.05) is 52.8 Å². The second kappa shape index (κ2) is 9.66. The average molecular weight is 477 g/mol. The second-order valence-corrected chi connectivity index (χ2v) is 9.46. The molecular weight excluding hydrogens is 448 g/mol. The van der Waals surface area contributed by atoms with Crippen LogP contribution in [0.15, 0.2) is 40.9 Å². The zero-order valence-corrected chi connectivity index (χ0v) is 20.5. The molecule has 0 N–H and O–H groups in total. The molecule has 0 saturated heterocycles. The minimum absolute atomic E-state index is 0.0419. The predicted molar refractivity (Wildman–Crippen MR) is 129 cm³/mol. The van der Waals surface area contributed by atoms with Gasteiger partial charge in [0, 0.05) is 16.7 Å². The Hall–Kier alpha value is -4.06. The maximum Gasteiger partial charge on any atom is 0.410 e. The van der Waals surface area contributed by atoms with E-state index in [9.17, 15) is 4.79 Å². The van der Waals surface area contributed by atoms with Gasteiger partial charge >= 0.3 is 6.09 Å². The normalized spacial score (nSPS) is 13.5. The fourth-order valence-electron chi connectivity index (χ4n) is 3.57. The lowest BCUT2D eigenvalue weighted by atomic mass is 10.1. The molecule has 1 aliphatic rings. The Balaban J connectivity index is 1.58. The Bertz CT molecular complexity index is 1270. The molecular formula is C26H28N4O5. The Labute approximate surface area is 204 Å². The molecule has 1 amide bonds. The molecule has 0 aliphatic carbocycles. The smallest absolute Gasteiger partial charge is 0.410 e. The third-order valence-corrected chi connectivity index (χ3v) is 5.07. The average Bonchev–Trinajstić information content (AvgIpc) is 3.18. The van der Waals surface area contributed by atoms with Gasteiger partial charge in [-0.05, 0) is 71.0 Å². The van der Waals surface area contributed by atoms with Crippen molar-refractivity contribution >= 4 is 11.8 Å². The fraction of sp³-hybridized carbons (Fsp3) is 0.385. The highest BCUT2D eigenvalue weighted by atomic mass is 16.6. The van der Waals surface area contributed by atoms with Crippen molar-refractivity contribution in [3.05, 3.63) is 53.4 Å². The Kier molecular flexibility index (Phi) is 6.65. The first-order chi connectivity index (χ1) is 16.6. The number of amides is 1. The number of hydrogen-bond acceptors (Lipinski definition) is 7. The van der Waals surface area contributed by atoms with Crippen molar-refractivity contribution in [1.29, 1.82) is 0 Å². The number of aromatic nitrogens is 2. The summed E-state index contributed by atoms with van der Waals surface area (Å²) in [6.45, 7) is 17.9. The summed E-state index contributed by atoms with van der Waals surface area (Å²) in [4.78, 5) is 22.3. The molecule has 0 unspecified atom stereocenters. The molecule has 2 aromatic carbocycles. The molecule has 0 spiro atoms. The monoisotopic (exact) mass is 476 g/mol. The van der Waals surface area contributed by atoms with Crippen LogP contribution in [0.3, 0.4) is 0 Å². The van der Waals surface area contributed by atoms with Gasteiger partial charge in [-0.2, -0.15) is 4.98 Å². The van der Waals surface area contributed by atoms with Gasteiger partial charge < -0.3 is 23.6 Å². The molecule has 0 bridgehead atoms. The molecule has 1 aromatic heterocycles. The van der Waals surface area contributed by atoms with Crippen molar-refractivity contribution in [1.82, 2.24) is 15.0 Å². The molecule has 4 rings (SSSR count). The van der Waals surface area contributed by atoms with Crippen LogP contribution in [0, 0.1) is 6.57 Å². The molecule has 9 heteroatoms. The van der Waals surface area contributed by atoms with Gasteiger partial charge in [0.25, 0.3) is 5.89 Å². The number of benzene rings is 2. The molecule has 0 saturated carbocycles. The molecule has 35 heavy (non-hydrogen) atoms. The first kappa shape index (κ1) is 24.1. The number of carbonyl (C=O) groups is 1. The van der Waals surface area contributed by atoms with E-state index in [1.54, 1.807) is 23.1 Å². The Morgan fingerprint density at radius 2 is 1.94 bits per heavy atom. The predicted octanol–water partition coefficient (Wildman–Crippen LogP) is 5.87. The van der Waals surface area contributed by atoms with E-state index in [1.165, 1.54) is 0 Å². The molecule has 0 radical (unpaired) electrons. The summed E-state index contributed by atoms with van der Waals surface area (Å²) in [6, 6.07) is 10.8. The summed E-state index contributed by atoms with van der Waals surface area (Å²) in [5.41, 5.74) is 1.96. The van der Waals surface area contributed by atoms with Gasteiger partial charge in [0.05, 0.1) is 25.8 Å². The Morgan fingerprint density at radius 1 is 1.17 bits per heavy atom. The molecule has 0 fully saturated rings. The zero-order valence-electron chi connectivity index (χ0n) is 20.5. The van der Waals surface area contributed by atoms with Crippen LogP contribution in [0.5, 0.6) is 11.5 Å². The maximum absolute atomic E-state index is 12.6. The number of ether oxygens (including phenoxy) is 3. The van der Waals surface area contributed by atoms with Crippen molar-refractivity contribution in [2.24, 2.45) is 0 Å². The Morgan fingerprint density at radius 3 is 2.66 bits per heavy atom. The number of hydrogen-bond donors (Lipinski definition) is 0. The first-order valence-corrected chi connectivity index (χ1v) is 11.4. The number of fused-ring (bicyclic) bond motifs is 1. The van der Waals surface area contributed by atoms with E-state index >= 15 is 0 Å². The van der Waals surface area contributed by atoms with Crippen LogP contribution < -0.4 is 9.47 Å². The van der Waals surface area contributed by atoms with Crippen molar-refractivity contribution < 1.29 is 23.5 Å². The molecule has 9 nitrogen and oxygen atoms in total. The summed E-state index contributed by atoms with van der Waals surface area (Å²) >= 11 is 0. The van der Waals surface area contributed by atoms with E-state index in [4.69, 9.17) is 25.3 Å². The van der Waals surface area contributed by atoms with Crippen molar-refractivity contribution in [3.63, 3.8) is 0 Å². The van der Waals surface area contributed by atoms with E-state index in [0.29, 0.717) is 54.2 Å². The largest absolute Gasteiger partial charge is 0.502 e. The van der Waals surface area contributed by atoms with Gasteiger partial charge in [0.15, 0.2) is 0 Å². The fourth-order valence-corrected chi connectivity index (χ4v) is 3.57. The van der Waals surface area contributed by atoms with Crippen LogP contribution in [-0.4, -0.2) is 46.0 Å². The van der Waals surface area contributed by atoms with Crippen LogP contribution in [0.2, 0.25) is 0 Å². The highest BCUT2D eigenvalue weighted by molar-refractivity contribution is 5.70.